The Morgan fingerprint density at radius 1 is 1.16 bits per heavy atom. The van der Waals surface area contributed by atoms with Gasteiger partial charge in [-0.15, -0.1) is 11.3 Å². The van der Waals surface area contributed by atoms with Gasteiger partial charge in [-0.2, -0.15) is 0 Å². The molecule has 0 atom stereocenters. The van der Waals surface area contributed by atoms with E-state index in [0.717, 1.165) is 33.2 Å². The standard InChI is InChI=1S/C19H26N2O2S2/c1-10-11(2)25-16(15(10)17(22)23-3)20-18(24)21-19-7-12-4-13(8-19)6-14(5-12)9-19/h12-14H,4-9H2,1-3H3,(H2,20,21,24). The summed E-state index contributed by atoms with van der Waals surface area (Å²) in [6, 6.07) is 0. The average molecular weight is 379 g/mol. The summed E-state index contributed by atoms with van der Waals surface area (Å²) in [6.45, 7) is 3.98. The van der Waals surface area contributed by atoms with Crippen LogP contribution < -0.4 is 10.6 Å². The molecule has 6 heteroatoms. The van der Waals surface area contributed by atoms with Gasteiger partial charge in [-0.05, 0) is 87.9 Å². The summed E-state index contributed by atoms with van der Waals surface area (Å²) in [6.07, 6.45) is 7.97. The molecule has 136 valence electrons. The van der Waals surface area contributed by atoms with Crippen LogP contribution in [0.3, 0.4) is 0 Å². The number of esters is 1. The molecule has 5 rings (SSSR count). The number of aryl methyl sites for hydroxylation is 1. The van der Waals surface area contributed by atoms with Gasteiger partial charge in [0.2, 0.25) is 0 Å². The van der Waals surface area contributed by atoms with Crippen LogP contribution in [-0.4, -0.2) is 23.7 Å². The number of rotatable bonds is 3. The Balaban J connectivity index is 1.50. The van der Waals surface area contributed by atoms with E-state index in [-0.39, 0.29) is 11.5 Å². The monoisotopic (exact) mass is 378 g/mol. The van der Waals surface area contributed by atoms with E-state index in [2.05, 4.69) is 10.6 Å². The minimum absolute atomic E-state index is 0.172. The zero-order valence-electron chi connectivity index (χ0n) is 15.1. The minimum Gasteiger partial charge on any atom is -0.465 e. The Bertz CT molecular complexity index is 690. The van der Waals surface area contributed by atoms with Crippen molar-refractivity contribution in [2.75, 3.05) is 12.4 Å². The fourth-order valence-corrected chi connectivity index (χ4v) is 7.14. The van der Waals surface area contributed by atoms with Crippen LogP contribution >= 0.6 is 23.6 Å². The zero-order chi connectivity index (χ0) is 17.8. The second-order valence-corrected chi connectivity index (χ2v) is 9.89. The highest BCUT2D eigenvalue weighted by molar-refractivity contribution is 7.80. The summed E-state index contributed by atoms with van der Waals surface area (Å²) in [7, 11) is 1.42. The summed E-state index contributed by atoms with van der Waals surface area (Å²) in [5.41, 5.74) is 1.75. The van der Waals surface area contributed by atoms with Gasteiger partial charge in [0, 0.05) is 10.4 Å². The number of carbonyl (C=O) groups is 1. The number of anilines is 1. The number of thiocarbonyl (C=S) groups is 1. The summed E-state index contributed by atoms with van der Waals surface area (Å²) < 4.78 is 4.95. The van der Waals surface area contributed by atoms with E-state index in [1.165, 1.54) is 45.6 Å². The first-order chi connectivity index (χ1) is 11.9. The molecule has 1 heterocycles. The normalized spacial score (nSPS) is 32.5. The number of thiophene rings is 1. The quantitative estimate of drug-likeness (QED) is 0.603. The smallest absolute Gasteiger partial charge is 0.341 e. The lowest BCUT2D eigenvalue weighted by Crippen LogP contribution is -2.60. The fraction of sp³-hybridized carbons (Fsp3) is 0.684. The molecule has 0 unspecified atom stereocenters. The van der Waals surface area contributed by atoms with Gasteiger partial charge >= 0.3 is 5.97 Å². The zero-order valence-corrected chi connectivity index (χ0v) is 16.7. The van der Waals surface area contributed by atoms with Gasteiger partial charge in [-0.25, -0.2) is 4.79 Å². The van der Waals surface area contributed by atoms with Crippen molar-refractivity contribution in [1.29, 1.82) is 0 Å². The van der Waals surface area contributed by atoms with Gasteiger partial charge in [-0.1, -0.05) is 0 Å². The van der Waals surface area contributed by atoms with Crippen molar-refractivity contribution in [3.8, 4) is 0 Å². The first-order valence-corrected chi connectivity index (χ1v) is 10.4. The maximum absolute atomic E-state index is 12.1. The lowest BCUT2D eigenvalue weighted by molar-refractivity contribution is -0.00972. The molecule has 4 bridgehead atoms. The molecule has 0 radical (unpaired) electrons. The second kappa shape index (κ2) is 6.23. The van der Waals surface area contributed by atoms with E-state index in [0.29, 0.717) is 10.7 Å². The van der Waals surface area contributed by atoms with E-state index in [1.54, 1.807) is 11.3 Å². The number of nitrogens with one attached hydrogen (secondary N) is 2. The molecule has 0 aliphatic heterocycles. The second-order valence-electron chi connectivity index (χ2n) is 8.26. The summed E-state index contributed by atoms with van der Waals surface area (Å²) in [5, 5.41) is 8.40. The third-order valence-electron chi connectivity index (χ3n) is 6.42. The van der Waals surface area contributed by atoms with Crippen LogP contribution in [0.2, 0.25) is 0 Å². The van der Waals surface area contributed by atoms with Crippen molar-refractivity contribution in [2.24, 2.45) is 17.8 Å². The van der Waals surface area contributed by atoms with Crippen LogP contribution in [0.1, 0.15) is 59.3 Å². The van der Waals surface area contributed by atoms with Gasteiger partial charge in [0.05, 0.1) is 12.7 Å². The number of methoxy groups -OCH3 is 1. The molecule has 1 aromatic heterocycles. The van der Waals surface area contributed by atoms with Gasteiger partial charge in [-0.3, -0.25) is 0 Å². The van der Waals surface area contributed by atoms with Crippen molar-refractivity contribution in [1.82, 2.24) is 5.32 Å². The first-order valence-electron chi connectivity index (χ1n) is 9.16. The summed E-state index contributed by atoms with van der Waals surface area (Å²) in [5.74, 6) is 2.32. The predicted octanol–water partition coefficient (Wildman–Crippen LogP) is 4.41. The highest BCUT2D eigenvalue weighted by atomic mass is 32.1. The van der Waals surface area contributed by atoms with Crippen LogP contribution in [0.15, 0.2) is 0 Å². The SMILES string of the molecule is COC(=O)c1c(NC(=S)NC23CC4CC(CC(C4)C2)C3)sc(C)c1C. The van der Waals surface area contributed by atoms with Crippen LogP contribution in [0.4, 0.5) is 5.00 Å². The molecule has 25 heavy (non-hydrogen) atoms. The third-order valence-corrected chi connectivity index (χ3v) is 7.75. The Kier molecular flexibility index (Phi) is 4.31. The molecule has 4 nitrogen and oxygen atoms in total. The van der Waals surface area contributed by atoms with Gasteiger partial charge in [0.25, 0.3) is 0 Å². The van der Waals surface area contributed by atoms with Gasteiger partial charge < -0.3 is 15.4 Å². The van der Waals surface area contributed by atoms with E-state index in [9.17, 15) is 4.79 Å². The highest BCUT2D eigenvalue weighted by Crippen LogP contribution is 2.55. The molecular formula is C19H26N2O2S2. The van der Waals surface area contributed by atoms with Crippen molar-refractivity contribution in [3.63, 3.8) is 0 Å². The van der Waals surface area contributed by atoms with Crippen LogP contribution in [-0.2, 0) is 4.74 Å². The van der Waals surface area contributed by atoms with Crippen molar-refractivity contribution in [3.05, 3.63) is 16.0 Å². The molecule has 0 amide bonds. The molecule has 0 saturated heterocycles. The van der Waals surface area contributed by atoms with E-state index < -0.39 is 0 Å². The van der Waals surface area contributed by atoms with E-state index in [1.807, 2.05) is 13.8 Å². The predicted molar refractivity (Wildman–Crippen MR) is 105 cm³/mol. The van der Waals surface area contributed by atoms with Crippen LogP contribution in [0, 0.1) is 31.6 Å². The molecule has 0 spiro atoms. The number of ether oxygens (including phenoxy) is 1. The Labute approximate surface area is 158 Å². The topological polar surface area (TPSA) is 50.4 Å². The van der Waals surface area contributed by atoms with Crippen LogP contribution in [0.25, 0.3) is 0 Å². The van der Waals surface area contributed by atoms with Crippen molar-refractivity contribution in [2.45, 2.75) is 57.9 Å². The molecule has 4 aliphatic rings. The molecular weight excluding hydrogens is 352 g/mol. The third kappa shape index (κ3) is 3.08. The maximum atomic E-state index is 12.1. The maximum Gasteiger partial charge on any atom is 0.341 e. The minimum atomic E-state index is -0.304. The summed E-state index contributed by atoms with van der Waals surface area (Å²) >= 11 is 7.20. The fourth-order valence-electron chi connectivity index (χ4n) is 5.70. The molecule has 1 aromatic rings. The first kappa shape index (κ1) is 17.3. The number of hydrogen-bond acceptors (Lipinski definition) is 4. The van der Waals surface area contributed by atoms with E-state index in [4.69, 9.17) is 17.0 Å². The van der Waals surface area contributed by atoms with Crippen molar-refractivity contribution < 1.29 is 9.53 Å². The molecule has 0 aromatic carbocycles. The summed E-state index contributed by atoms with van der Waals surface area (Å²) in [4.78, 5) is 13.3. The Morgan fingerprint density at radius 2 is 1.72 bits per heavy atom. The molecule has 4 aliphatic carbocycles. The van der Waals surface area contributed by atoms with Crippen molar-refractivity contribution >= 4 is 39.6 Å². The Morgan fingerprint density at radius 3 is 2.24 bits per heavy atom. The lowest BCUT2D eigenvalue weighted by atomic mass is 9.53. The molecule has 2 N–H and O–H groups in total. The van der Waals surface area contributed by atoms with E-state index >= 15 is 0 Å². The van der Waals surface area contributed by atoms with Crippen LogP contribution in [0.5, 0.6) is 0 Å². The molecule has 4 fully saturated rings. The number of hydrogen-bond donors (Lipinski definition) is 2. The van der Waals surface area contributed by atoms with Gasteiger partial charge in [0.1, 0.15) is 5.00 Å². The largest absolute Gasteiger partial charge is 0.465 e. The Hall–Kier alpha value is -1.14. The lowest BCUT2D eigenvalue weighted by Gasteiger charge is -2.57. The number of carbonyl (C=O) groups excluding carboxylic acids is 1. The highest BCUT2D eigenvalue weighted by Gasteiger charge is 2.51. The average Bonchev–Trinajstić information content (AvgIpc) is 2.78. The van der Waals surface area contributed by atoms with Gasteiger partial charge in [0.15, 0.2) is 5.11 Å². The molecule has 4 saturated carbocycles.